The van der Waals surface area contributed by atoms with Crippen molar-refractivity contribution >= 4 is 29.4 Å². The smallest absolute Gasteiger partial charge is 0.231 e. The largest absolute Gasteiger partial charge is 0.454 e. The lowest BCUT2D eigenvalue weighted by molar-refractivity contribution is -0.125. The number of carbonyl (C=O) groups excluding carboxylic acids is 2. The van der Waals surface area contributed by atoms with E-state index in [1.54, 1.807) is 0 Å². The number of piperidine rings is 1. The molecule has 33 heavy (non-hydrogen) atoms. The highest BCUT2D eigenvalue weighted by atomic mass is 32.2. The third kappa shape index (κ3) is 5.68. The van der Waals surface area contributed by atoms with Crippen LogP contribution in [0.3, 0.4) is 0 Å². The summed E-state index contributed by atoms with van der Waals surface area (Å²) in [5.41, 5.74) is 0.954. The van der Waals surface area contributed by atoms with Crippen molar-refractivity contribution in [3.8, 4) is 11.5 Å². The lowest BCUT2D eigenvalue weighted by Gasteiger charge is -2.31. The Hall–Kier alpha value is -3.01. The second-order valence-corrected chi connectivity index (χ2v) is 9.52. The van der Waals surface area contributed by atoms with Gasteiger partial charge in [0.15, 0.2) is 17.3 Å². The monoisotopic (exact) mass is 469 g/mol. The van der Waals surface area contributed by atoms with Crippen molar-refractivity contribution in [2.24, 2.45) is 5.92 Å². The third-order valence-electron chi connectivity index (χ3n) is 6.02. The second-order valence-electron chi connectivity index (χ2n) is 8.53. The number of anilines is 1. The standard InChI is InChI=1S/C23H27N5O4S/c29-21(24-12-15-1-4-18-19(11-15)32-14-31-18)13-33-22-6-5-20(26-27-22)28-9-7-16(8-10-28)23(30)25-17-2-3-17/h1,4-6,11,16-17H,2-3,7-10,12-14H2,(H,24,29)(H,25,30). The quantitative estimate of drug-likeness (QED) is 0.567. The van der Waals surface area contributed by atoms with Gasteiger partial charge in [0.05, 0.1) is 5.75 Å². The molecular formula is C23H27N5O4S. The minimum Gasteiger partial charge on any atom is -0.454 e. The van der Waals surface area contributed by atoms with Crippen molar-refractivity contribution in [1.82, 2.24) is 20.8 Å². The van der Waals surface area contributed by atoms with Crippen LogP contribution in [0.1, 0.15) is 31.2 Å². The highest BCUT2D eigenvalue weighted by Gasteiger charge is 2.30. The molecule has 0 bridgehead atoms. The number of nitrogens with zero attached hydrogens (tertiary/aromatic N) is 3. The van der Waals surface area contributed by atoms with Crippen LogP contribution >= 0.6 is 11.8 Å². The van der Waals surface area contributed by atoms with Gasteiger partial charge in [0, 0.05) is 31.6 Å². The Morgan fingerprint density at radius 1 is 1.03 bits per heavy atom. The molecule has 2 fully saturated rings. The van der Waals surface area contributed by atoms with E-state index in [1.165, 1.54) is 11.8 Å². The zero-order valence-electron chi connectivity index (χ0n) is 18.3. The summed E-state index contributed by atoms with van der Waals surface area (Å²) < 4.78 is 10.7. The van der Waals surface area contributed by atoms with Crippen LogP contribution in [0.2, 0.25) is 0 Å². The van der Waals surface area contributed by atoms with Gasteiger partial charge in [0.2, 0.25) is 18.6 Å². The van der Waals surface area contributed by atoms with E-state index in [2.05, 4.69) is 25.7 Å². The maximum atomic E-state index is 12.2. The van der Waals surface area contributed by atoms with Gasteiger partial charge < -0.3 is 25.0 Å². The zero-order chi connectivity index (χ0) is 22.6. The van der Waals surface area contributed by atoms with Crippen LogP contribution in [0.25, 0.3) is 0 Å². The van der Waals surface area contributed by atoms with E-state index in [1.807, 2.05) is 30.3 Å². The highest BCUT2D eigenvalue weighted by Crippen LogP contribution is 2.32. The van der Waals surface area contributed by atoms with Gasteiger partial charge in [-0.15, -0.1) is 10.2 Å². The molecule has 0 radical (unpaired) electrons. The molecule has 1 aromatic heterocycles. The van der Waals surface area contributed by atoms with E-state index in [0.29, 0.717) is 23.4 Å². The molecule has 1 saturated heterocycles. The van der Waals surface area contributed by atoms with Crippen LogP contribution < -0.4 is 25.0 Å². The molecule has 1 aliphatic carbocycles. The Morgan fingerprint density at radius 2 is 1.85 bits per heavy atom. The molecule has 3 heterocycles. The van der Waals surface area contributed by atoms with Crippen LogP contribution in [0.5, 0.6) is 11.5 Å². The summed E-state index contributed by atoms with van der Waals surface area (Å²) in [6.45, 7) is 2.26. The Bertz CT molecular complexity index is 1010. The molecule has 1 saturated carbocycles. The highest BCUT2D eigenvalue weighted by molar-refractivity contribution is 7.99. The van der Waals surface area contributed by atoms with Crippen LogP contribution in [0.4, 0.5) is 5.82 Å². The number of aromatic nitrogens is 2. The first-order chi connectivity index (χ1) is 16.1. The predicted octanol–water partition coefficient (Wildman–Crippen LogP) is 2.11. The van der Waals surface area contributed by atoms with E-state index >= 15 is 0 Å². The molecular weight excluding hydrogens is 442 g/mol. The Kier molecular flexibility index (Phi) is 6.52. The molecule has 2 aliphatic heterocycles. The van der Waals surface area contributed by atoms with Gasteiger partial charge in [-0.2, -0.15) is 0 Å². The third-order valence-corrected chi connectivity index (χ3v) is 6.94. The molecule has 5 rings (SSSR count). The average Bonchev–Trinajstić information content (AvgIpc) is 3.54. The number of rotatable bonds is 8. The number of thioether (sulfide) groups is 1. The molecule has 1 aromatic carbocycles. The van der Waals surface area contributed by atoms with Gasteiger partial charge in [-0.25, -0.2) is 0 Å². The lowest BCUT2D eigenvalue weighted by Crippen LogP contribution is -2.41. The fourth-order valence-electron chi connectivity index (χ4n) is 3.92. The molecule has 0 atom stereocenters. The van der Waals surface area contributed by atoms with E-state index in [-0.39, 0.29) is 30.3 Å². The van der Waals surface area contributed by atoms with E-state index in [4.69, 9.17) is 9.47 Å². The van der Waals surface area contributed by atoms with Crippen molar-refractivity contribution in [2.75, 3.05) is 30.5 Å². The number of hydrogen-bond acceptors (Lipinski definition) is 8. The molecule has 10 heteroatoms. The minimum absolute atomic E-state index is 0.0740. The van der Waals surface area contributed by atoms with Crippen molar-refractivity contribution in [2.45, 2.75) is 43.3 Å². The number of hydrogen-bond donors (Lipinski definition) is 2. The first-order valence-corrected chi connectivity index (χ1v) is 12.3. The molecule has 2 N–H and O–H groups in total. The Balaban J connectivity index is 1.04. The minimum atomic E-state index is -0.0740. The van der Waals surface area contributed by atoms with Crippen LogP contribution in [-0.2, 0) is 16.1 Å². The predicted molar refractivity (Wildman–Crippen MR) is 123 cm³/mol. The molecule has 0 unspecified atom stereocenters. The van der Waals surface area contributed by atoms with Gasteiger partial charge in [-0.05, 0) is 55.5 Å². The van der Waals surface area contributed by atoms with E-state index < -0.39 is 0 Å². The SMILES string of the molecule is O=C(CSc1ccc(N2CCC(C(=O)NC3CC3)CC2)nn1)NCc1ccc2c(c1)OCO2. The summed E-state index contributed by atoms with van der Waals surface area (Å²) in [4.78, 5) is 26.6. The summed E-state index contributed by atoms with van der Waals surface area (Å²) in [7, 11) is 0. The summed E-state index contributed by atoms with van der Waals surface area (Å²) >= 11 is 1.35. The topological polar surface area (TPSA) is 106 Å². The Morgan fingerprint density at radius 3 is 2.61 bits per heavy atom. The average molecular weight is 470 g/mol. The first kappa shape index (κ1) is 21.8. The maximum Gasteiger partial charge on any atom is 0.231 e. The molecule has 2 aromatic rings. The van der Waals surface area contributed by atoms with Crippen molar-refractivity contribution in [1.29, 1.82) is 0 Å². The van der Waals surface area contributed by atoms with Gasteiger partial charge in [0.1, 0.15) is 5.03 Å². The van der Waals surface area contributed by atoms with Crippen LogP contribution in [0.15, 0.2) is 35.4 Å². The van der Waals surface area contributed by atoms with Gasteiger partial charge >= 0.3 is 0 Å². The lowest BCUT2D eigenvalue weighted by atomic mass is 9.96. The number of carbonyl (C=O) groups is 2. The first-order valence-electron chi connectivity index (χ1n) is 11.3. The number of benzene rings is 1. The number of nitrogens with one attached hydrogen (secondary N) is 2. The number of amides is 2. The summed E-state index contributed by atoms with van der Waals surface area (Å²) in [5.74, 6) is 2.73. The fraction of sp³-hybridized carbons (Fsp3) is 0.478. The van der Waals surface area contributed by atoms with Crippen molar-refractivity contribution < 1.29 is 19.1 Å². The maximum absolute atomic E-state index is 12.2. The molecule has 9 nitrogen and oxygen atoms in total. The van der Waals surface area contributed by atoms with E-state index in [9.17, 15) is 9.59 Å². The van der Waals surface area contributed by atoms with Gasteiger partial charge in [0.25, 0.3) is 0 Å². The molecule has 3 aliphatic rings. The Labute approximate surface area is 196 Å². The van der Waals surface area contributed by atoms with Crippen molar-refractivity contribution in [3.63, 3.8) is 0 Å². The summed E-state index contributed by atoms with van der Waals surface area (Å²) in [6.07, 6.45) is 3.90. The molecule has 174 valence electrons. The second kappa shape index (κ2) is 9.86. The molecule has 2 amide bonds. The summed E-state index contributed by atoms with van der Waals surface area (Å²) in [6, 6.07) is 9.88. The van der Waals surface area contributed by atoms with Crippen LogP contribution in [0, 0.1) is 5.92 Å². The van der Waals surface area contributed by atoms with E-state index in [0.717, 1.165) is 55.9 Å². The molecule has 0 spiro atoms. The van der Waals surface area contributed by atoms with Crippen molar-refractivity contribution in [3.05, 3.63) is 35.9 Å². The van der Waals surface area contributed by atoms with Gasteiger partial charge in [-0.3, -0.25) is 9.59 Å². The number of fused-ring (bicyclic) bond motifs is 1. The normalized spacial score (nSPS) is 17.6. The summed E-state index contributed by atoms with van der Waals surface area (Å²) in [5, 5.41) is 15.3. The van der Waals surface area contributed by atoms with Gasteiger partial charge in [-0.1, -0.05) is 17.8 Å². The van der Waals surface area contributed by atoms with Crippen LogP contribution in [-0.4, -0.2) is 53.7 Å². The fourth-order valence-corrected chi connectivity index (χ4v) is 4.56. The zero-order valence-corrected chi connectivity index (χ0v) is 19.1. The number of ether oxygens (including phenoxy) is 2.